The van der Waals surface area contributed by atoms with E-state index < -0.39 is 5.91 Å². The van der Waals surface area contributed by atoms with Crippen molar-refractivity contribution in [2.45, 2.75) is 0 Å². The highest BCUT2D eigenvalue weighted by Crippen LogP contribution is 2.35. The fourth-order valence-corrected chi connectivity index (χ4v) is 2.72. The number of hydrogen-bond acceptors (Lipinski definition) is 3. The lowest BCUT2D eigenvalue weighted by atomic mass is 10.2. The zero-order valence-electron chi connectivity index (χ0n) is 12.0. The Balaban J connectivity index is 2.06. The first-order chi connectivity index (χ1) is 10.9. The smallest absolute Gasteiger partial charge is 0.248 e. The molecule has 120 valence electrons. The van der Waals surface area contributed by atoms with Gasteiger partial charge in [0, 0.05) is 16.9 Å². The van der Waals surface area contributed by atoms with Crippen LogP contribution >= 0.6 is 35.4 Å². The van der Waals surface area contributed by atoms with Gasteiger partial charge in [-0.3, -0.25) is 4.79 Å². The molecule has 4 N–H and O–H groups in total. The van der Waals surface area contributed by atoms with Gasteiger partial charge in [-0.15, -0.1) is 0 Å². The summed E-state index contributed by atoms with van der Waals surface area (Å²) in [6, 6.07) is 9.90. The van der Waals surface area contributed by atoms with Crippen molar-refractivity contribution in [2.75, 3.05) is 17.7 Å². The van der Waals surface area contributed by atoms with Crippen LogP contribution in [0, 0.1) is 0 Å². The van der Waals surface area contributed by atoms with E-state index >= 15 is 0 Å². The van der Waals surface area contributed by atoms with Crippen molar-refractivity contribution < 1.29 is 9.53 Å². The minimum Gasteiger partial charge on any atom is -0.494 e. The van der Waals surface area contributed by atoms with E-state index in [9.17, 15) is 4.79 Å². The molecule has 0 saturated carbocycles. The Labute approximate surface area is 148 Å². The number of anilines is 2. The second-order valence-corrected chi connectivity index (χ2v) is 5.72. The van der Waals surface area contributed by atoms with Gasteiger partial charge in [0.05, 0.1) is 17.2 Å². The summed E-state index contributed by atoms with van der Waals surface area (Å²) in [6.45, 7) is 0. The largest absolute Gasteiger partial charge is 0.494 e. The minimum atomic E-state index is -0.486. The molecule has 0 unspecified atom stereocenters. The fraction of sp³-hybridized carbons (Fsp3) is 0.0667. The van der Waals surface area contributed by atoms with Gasteiger partial charge in [0.2, 0.25) is 5.91 Å². The van der Waals surface area contributed by atoms with Crippen LogP contribution in [0.3, 0.4) is 0 Å². The summed E-state index contributed by atoms with van der Waals surface area (Å²) >= 11 is 17.4. The lowest BCUT2D eigenvalue weighted by Crippen LogP contribution is -2.19. The van der Waals surface area contributed by atoms with Crippen LogP contribution in [0.2, 0.25) is 10.0 Å². The Hall–Kier alpha value is -2.02. The Bertz CT molecular complexity index is 728. The van der Waals surface area contributed by atoms with Gasteiger partial charge >= 0.3 is 0 Å². The fourth-order valence-electron chi connectivity index (χ4n) is 1.84. The van der Waals surface area contributed by atoms with E-state index in [1.807, 2.05) is 0 Å². The molecule has 2 aromatic rings. The number of ether oxygens (including phenoxy) is 1. The molecule has 0 aliphatic heterocycles. The Morgan fingerprint density at radius 3 is 2.09 bits per heavy atom. The quantitative estimate of drug-likeness (QED) is 0.712. The number of methoxy groups -OCH3 is 1. The van der Waals surface area contributed by atoms with Gasteiger partial charge in [-0.1, -0.05) is 23.2 Å². The van der Waals surface area contributed by atoms with Crippen molar-refractivity contribution in [3.63, 3.8) is 0 Å². The number of carbonyl (C=O) groups is 1. The number of hydrogen-bond donors (Lipinski definition) is 3. The predicted molar refractivity (Wildman–Crippen MR) is 97.8 cm³/mol. The highest BCUT2D eigenvalue weighted by molar-refractivity contribution is 7.80. The second-order valence-electron chi connectivity index (χ2n) is 4.49. The number of nitrogens with two attached hydrogens (primary N) is 1. The molecular weight excluding hydrogens is 357 g/mol. The van der Waals surface area contributed by atoms with Crippen molar-refractivity contribution in [1.29, 1.82) is 0 Å². The molecule has 0 fully saturated rings. The first kappa shape index (κ1) is 17.3. The van der Waals surface area contributed by atoms with Gasteiger partial charge in [0.1, 0.15) is 0 Å². The van der Waals surface area contributed by atoms with E-state index in [4.69, 9.17) is 45.9 Å². The highest BCUT2D eigenvalue weighted by atomic mass is 35.5. The van der Waals surface area contributed by atoms with Crippen molar-refractivity contribution in [1.82, 2.24) is 0 Å². The number of amides is 1. The zero-order valence-corrected chi connectivity index (χ0v) is 14.4. The number of thiocarbonyl (C=S) groups is 1. The molecule has 1 amide bonds. The molecule has 2 aromatic carbocycles. The molecule has 8 heteroatoms. The van der Waals surface area contributed by atoms with Crippen molar-refractivity contribution in [3.8, 4) is 5.75 Å². The lowest BCUT2D eigenvalue weighted by molar-refractivity contribution is 0.100. The Kier molecular flexibility index (Phi) is 5.65. The van der Waals surface area contributed by atoms with E-state index in [2.05, 4.69) is 10.6 Å². The molecule has 0 aromatic heterocycles. The van der Waals surface area contributed by atoms with E-state index in [-0.39, 0.29) is 0 Å². The van der Waals surface area contributed by atoms with E-state index in [1.165, 1.54) is 7.11 Å². The van der Waals surface area contributed by atoms with Crippen molar-refractivity contribution >= 4 is 57.8 Å². The van der Waals surface area contributed by atoms with E-state index in [1.54, 1.807) is 36.4 Å². The molecule has 23 heavy (non-hydrogen) atoms. The van der Waals surface area contributed by atoms with Gasteiger partial charge in [-0.05, 0) is 48.6 Å². The monoisotopic (exact) mass is 369 g/mol. The topological polar surface area (TPSA) is 76.4 Å². The van der Waals surface area contributed by atoms with Crippen LogP contribution in [-0.4, -0.2) is 18.1 Å². The number of rotatable bonds is 4. The number of primary amides is 1. The van der Waals surface area contributed by atoms with Crippen LogP contribution in [0.1, 0.15) is 10.4 Å². The Morgan fingerprint density at radius 1 is 1.09 bits per heavy atom. The third-order valence-electron chi connectivity index (χ3n) is 2.89. The summed E-state index contributed by atoms with van der Waals surface area (Å²) in [7, 11) is 1.49. The summed E-state index contributed by atoms with van der Waals surface area (Å²) in [5, 5.41) is 7.02. The van der Waals surface area contributed by atoms with Gasteiger partial charge in [-0.2, -0.15) is 0 Å². The van der Waals surface area contributed by atoms with Gasteiger partial charge < -0.3 is 21.1 Å². The summed E-state index contributed by atoms with van der Waals surface area (Å²) < 4.78 is 5.08. The highest BCUT2D eigenvalue weighted by Gasteiger charge is 2.09. The first-order valence-corrected chi connectivity index (χ1v) is 7.58. The third kappa shape index (κ3) is 4.48. The molecule has 0 saturated heterocycles. The molecule has 0 spiro atoms. The van der Waals surface area contributed by atoms with E-state index in [0.29, 0.717) is 37.8 Å². The standard InChI is InChI=1S/C15H13Cl2N3O2S/c1-22-13-11(16)6-10(7-12(13)17)20-15(23)19-9-4-2-8(3-5-9)14(18)21/h2-7H,1H3,(H2,18,21)(H2,19,20,23). The molecule has 0 atom stereocenters. The normalized spacial score (nSPS) is 10.0. The molecule has 0 aliphatic rings. The molecule has 5 nitrogen and oxygen atoms in total. The second kappa shape index (κ2) is 7.50. The number of benzene rings is 2. The number of carbonyl (C=O) groups excluding carboxylic acids is 1. The maximum Gasteiger partial charge on any atom is 0.248 e. The lowest BCUT2D eigenvalue weighted by Gasteiger charge is -2.13. The summed E-state index contributed by atoms with van der Waals surface area (Å²) in [5.41, 5.74) is 6.93. The number of halogens is 2. The van der Waals surface area contributed by atoms with Gasteiger partial charge in [0.15, 0.2) is 10.9 Å². The van der Waals surface area contributed by atoms with Crippen LogP contribution < -0.4 is 21.1 Å². The molecule has 0 heterocycles. The molecule has 0 radical (unpaired) electrons. The molecule has 0 bridgehead atoms. The van der Waals surface area contributed by atoms with Crippen LogP contribution in [0.4, 0.5) is 11.4 Å². The zero-order chi connectivity index (χ0) is 17.0. The van der Waals surface area contributed by atoms with E-state index in [0.717, 1.165) is 0 Å². The minimum absolute atomic E-state index is 0.342. The summed E-state index contributed by atoms with van der Waals surface area (Å²) in [4.78, 5) is 11.0. The van der Waals surface area contributed by atoms with Gasteiger partial charge in [0.25, 0.3) is 0 Å². The van der Waals surface area contributed by atoms with Crippen LogP contribution in [0.15, 0.2) is 36.4 Å². The first-order valence-electron chi connectivity index (χ1n) is 6.41. The molecular formula is C15H13Cl2N3O2S. The maximum absolute atomic E-state index is 11.0. The van der Waals surface area contributed by atoms with Crippen LogP contribution in [0.5, 0.6) is 5.75 Å². The average molecular weight is 370 g/mol. The average Bonchev–Trinajstić information content (AvgIpc) is 2.47. The molecule has 2 rings (SSSR count). The predicted octanol–water partition coefficient (Wildman–Crippen LogP) is 3.91. The van der Waals surface area contributed by atoms with Crippen LogP contribution in [0.25, 0.3) is 0 Å². The third-order valence-corrected chi connectivity index (χ3v) is 3.65. The Morgan fingerprint density at radius 2 is 1.61 bits per heavy atom. The number of nitrogens with one attached hydrogen (secondary N) is 2. The summed E-state index contributed by atoms with van der Waals surface area (Å²) in [5.74, 6) is -0.0837. The maximum atomic E-state index is 11.0. The van der Waals surface area contributed by atoms with Crippen molar-refractivity contribution in [2.24, 2.45) is 5.73 Å². The van der Waals surface area contributed by atoms with Crippen LogP contribution in [-0.2, 0) is 0 Å². The van der Waals surface area contributed by atoms with Crippen molar-refractivity contribution in [3.05, 3.63) is 52.0 Å². The summed E-state index contributed by atoms with van der Waals surface area (Å²) in [6.07, 6.45) is 0. The SMILES string of the molecule is COc1c(Cl)cc(NC(=S)Nc2ccc(C(N)=O)cc2)cc1Cl. The van der Waals surface area contributed by atoms with Gasteiger partial charge in [-0.25, -0.2) is 0 Å². The molecule has 0 aliphatic carbocycles.